The topological polar surface area (TPSA) is 41.6 Å². The van der Waals surface area contributed by atoms with Gasteiger partial charge in [0.25, 0.3) is 0 Å². The third kappa shape index (κ3) is 2.08. The van der Waals surface area contributed by atoms with Crippen molar-refractivity contribution in [3.05, 3.63) is 34.9 Å². The minimum Gasteiger partial charge on any atom is -0.370 e. The van der Waals surface area contributed by atoms with Crippen molar-refractivity contribution >= 4 is 17.6 Å². The summed E-state index contributed by atoms with van der Waals surface area (Å²) in [4.78, 5) is 6.96. The van der Waals surface area contributed by atoms with Crippen LogP contribution in [-0.2, 0) is 5.54 Å². The lowest BCUT2D eigenvalue weighted by Gasteiger charge is -2.43. The summed E-state index contributed by atoms with van der Waals surface area (Å²) >= 11 is 6.03. The molecule has 3 rings (SSSR count). The molecule has 1 saturated carbocycles. The van der Waals surface area contributed by atoms with Crippen molar-refractivity contribution in [3.63, 3.8) is 0 Å². The number of halogens is 1. The Morgan fingerprint density at radius 3 is 2.55 bits per heavy atom. The highest BCUT2D eigenvalue weighted by molar-refractivity contribution is 6.30. The Hall–Kier alpha value is -1.22. The molecule has 1 heterocycles. The molecular formula is C16H22ClN3. The summed E-state index contributed by atoms with van der Waals surface area (Å²) in [6, 6.07) is 8.73. The molecule has 1 aliphatic carbocycles. The molecule has 1 aromatic rings. The average Bonchev–Trinajstić information content (AvgIpc) is 3.07. The number of guanidine groups is 1. The largest absolute Gasteiger partial charge is 0.370 e. The minimum atomic E-state index is -0.0797. The molecule has 2 aliphatic rings. The zero-order valence-electron chi connectivity index (χ0n) is 12.0. The summed E-state index contributed by atoms with van der Waals surface area (Å²) in [5.41, 5.74) is 7.43. The van der Waals surface area contributed by atoms with Gasteiger partial charge in [-0.05, 0) is 37.0 Å². The number of hydrogen-bond donors (Lipinski definition) is 1. The average molecular weight is 292 g/mol. The molecule has 108 valence electrons. The van der Waals surface area contributed by atoms with Gasteiger partial charge in [0.05, 0.1) is 12.1 Å². The zero-order valence-corrected chi connectivity index (χ0v) is 12.7. The molecule has 1 unspecified atom stereocenters. The monoisotopic (exact) mass is 291 g/mol. The number of rotatable bonds is 3. The number of hydrogen-bond acceptors (Lipinski definition) is 3. The van der Waals surface area contributed by atoms with Gasteiger partial charge in [-0.1, -0.05) is 43.5 Å². The SMILES string of the molecule is CCC1(c2ccc(Cl)cc2)CN=C(N)N1C1CCCC1. The molecule has 1 aromatic carbocycles. The maximum absolute atomic E-state index is 6.23. The first-order valence-corrected chi connectivity index (χ1v) is 7.90. The van der Waals surface area contributed by atoms with Crippen LogP contribution in [0.1, 0.15) is 44.6 Å². The maximum Gasteiger partial charge on any atom is 0.192 e. The molecular weight excluding hydrogens is 270 g/mol. The Balaban J connectivity index is 2.00. The van der Waals surface area contributed by atoms with Crippen LogP contribution < -0.4 is 5.73 Å². The predicted octanol–water partition coefficient (Wildman–Crippen LogP) is 3.52. The zero-order chi connectivity index (χ0) is 14.2. The molecule has 0 radical (unpaired) electrons. The van der Waals surface area contributed by atoms with E-state index in [1.54, 1.807) is 0 Å². The first-order valence-electron chi connectivity index (χ1n) is 7.52. The normalized spacial score (nSPS) is 27.1. The first kappa shape index (κ1) is 13.7. The number of nitrogens with two attached hydrogens (primary N) is 1. The van der Waals surface area contributed by atoms with Crippen LogP contribution in [0.15, 0.2) is 29.3 Å². The van der Waals surface area contributed by atoms with E-state index in [0.717, 1.165) is 18.0 Å². The van der Waals surface area contributed by atoms with E-state index in [1.165, 1.54) is 31.2 Å². The molecule has 1 fully saturated rings. The van der Waals surface area contributed by atoms with Crippen molar-refractivity contribution in [1.82, 2.24) is 4.90 Å². The van der Waals surface area contributed by atoms with Crippen LogP contribution in [0.3, 0.4) is 0 Å². The van der Waals surface area contributed by atoms with E-state index in [9.17, 15) is 0 Å². The Kier molecular flexibility index (Phi) is 3.63. The fraction of sp³-hybridized carbons (Fsp3) is 0.562. The molecule has 0 saturated heterocycles. The van der Waals surface area contributed by atoms with Crippen LogP contribution in [-0.4, -0.2) is 23.4 Å². The third-order valence-corrected chi connectivity index (χ3v) is 5.12. The van der Waals surface area contributed by atoms with Gasteiger partial charge >= 0.3 is 0 Å². The van der Waals surface area contributed by atoms with E-state index in [1.807, 2.05) is 12.1 Å². The Labute approximate surface area is 125 Å². The smallest absolute Gasteiger partial charge is 0.192 e. The summed E-state index contributed by atoms with van der Waals surface area (Å²) in [5.74, 6) is 0.716. The summed E-state index contributed by atoms with van der Waals surface area (Å²) in [6.45, 7) is 2.98. The fourth-order valence-corrected chi connectivity index (χ4v) is 3.89. The van der Waals surface area contributed by atoms with Gasteiger partial charge in [-0.15, -0.1) is 0 Å². The van der Waals surface area contributed by atoms with Crippen LogP contribution in [0.4, 0.5) is 0 Å². The molecule has 0 bridgehead atoms. The van der Waals surface area contributed by atoms with Crippen LogP contribution in [0.2, 0.25) is 5.02 Å². The van der Waals surface area contributed by atoms with Crippen molar-refractivity contribution < 1.29 is 0 Å². The summed E-state index contributed by atoms with van der Waals surface area (Å²) in [7, 11) is 0. The van der Waals surface area contributed by atoms with E-state index < -0.39 is 0 Å². The lowest BCUT2D eigenvalue weighted by molar-refractivity contribution is 0.143. The van der Waals surface area contributed by atoms with Gasteiger partial charge in [-0.3, -0.25) is 4.99 Å². The molecule has 0 spiro atoms. The van der Waals surface area contributed by atoms with Gasteiger partial charge in [0.1, 0.15) is 0 Å². The number of nitrogens with zero attached hydrogens (tertiary/aromatic N) is 2. The molecule has 0 amide bonds. The highest BCUT2D eigenvalue weighted by Crippen LogP contribution is 2.41. The van der Waals surface area contributed by atoms with E-state index in [0.29, 0.717) is 12.0 Å². The van der Waals surface area contributed by atoms with Crippen molar-refractivity contribution in [2.24, 2.45) is 10.7 Å². The summed E-state index contributed by atoms with van der Waals surface area (Å²) in [6.07, 6.45) is 6.07. The van der Waals surface area contributed by atoms with Gasteiger partial charge in [-0.2, -0.15) is 0 Å². The van der Waals surface area contributed by atoms with Crippen molar-refractivity contribution in [2.45, 2.75) is 50.6 Å². The van der Waals surface area contributed by atoms with E-state index in [4.69, 9.17) is 17.3 Å². The van der Waals surface area contributed by atoms with Gasteiger partial charge in [-0.25, -0.2) is 0 Å². The Bertz CT molecular complexity index is 505. The number of benzene rings is 1. The van der Waals surface area contributed by atoms with Crippen LogP contribution >= 0.6 is 11.6 Å². The lowest BCUT2D eigenvalue weighted by Crippen LogP contribution is -2.53. The molecule has 1 aliphatic heterocycles. The van der Waals surface area contributed by atoms with Crippen molar-refractivity contribution in [1.29, 1.82) is 0 Å². The van der Waals surface area contributed by atoms with Crippen molar-refractivity contribution in [2.75, 3.05) is 6.54 Å². The molecule has 20 heavy (non-hydrogen) atoms. The highest BCUT2D eigenvalue weighted by Gasteiger charge is 2.46. The highest BCUT2D eigenvalue weighted by atomic mass is 35.5. The van der Waals surface area contributed by atoms with Gasteiger partial charge in [0, 0.05) is 11.1 Å². The standard InChI is InChI=1S/C16H22ClN3/c1-2-16(12-7-9-13(17)10-8-12)11-19-15(18)20(16)14-5-3-4-6-14/h7-10,14H,2-6,11H2,1H3,(H2,18,19). The second-order valence-corrected chi connectivity index (χ2v) is 6.31. The van der Waals surface area contributed by atoms with E-state index in [-0.39, 0.29) is 5.54 Å². The molecule has 4 heteroatoms. The third-order valence-electron chi connectivity index (χ3n) is 4.87. The van der Waals surface area contributed by atoms with Crippen molar-refractivity contribution in [3.8, 4) is 0 Å². The molecule has 0 aromatic heterocycles. The molecule has 2 N–H and O–H groups in total. The van der Waals surface area contributed by atoms with Crippen LogP contribution in [0.5, 0.6) is 0 Å². The predicted molar refractivity (Wildman–Crippen MR) is 84.0 cm³/mol. The minimum absolute atomic E-state index is 0.0797. The van der Waals surface area contributed by atoms with Gasteiger partial charge in [0.2, 0.25) is 0 Å². The summed E-state index contributed by atoms with van der Waals surface area (Å²) in [5, 5.41) is 0.777. The maximum atomic E-state index is 6.23. The Morgan fingerprint density at radius 2 is 1.95 bits per heavy atom. The Morgan fingerprint density at radius 1 is 1.30 bits per heavy atom. The number of aliphatic imine (C=N–C) groups is 1. The van der Waals surface area contributed by atoms with Gasteiger partial charge in [0.15, 0.2) is 5.96 Å². The van der Waals surface area contributed by atoms with Crippen LogP contribution in [0.25, 0.3) is 0 Å². The quantitative estimate of drug-likeness (QED) is 0.926. The molecule has 1 atom stereocenters. The second kappa shape index (κ2) is 5.28. The van der Waals surface area contributed by atoms with Crippen LogP contribution in [0, 0.1) is 0 Å². The lowest BCUT2D eigenvalue weighted by atomic mass is 9.85. The van der Waals surface area contributed by atoms with E-state index >= 15 is 0 Å². The first-order chi connectivity index (χ1) is 9.67. The summed E-state index contributed by atoms with van der Waals surface area (Å²) < 4.78 is 0. The molecule has 3 nitrogen and oxygen atoms in total. The van der Waals surface area contributed by atoms with E-state index in [2.05, 4.69) is 28.9 Å². The fourth-order valence-electron chi connectivity index (χ4n) is 3.76. The van der Waals surface area contributed by atoms with Gasteiger partial charge < -0.3 is 10.6 Å². The second-order valence-electron chi connectivity index (χ2n) is 5.87.